The SMILES string of the molecule is CCOc1cc(C2C(C(=O)Nc3cccc(C)c3)=C(C)Nc3nc(SCc4ccccc4Cl)nn32)cc(Br)c1OC(C)C. The van der Waals surface area contributed by atoms with Crippen LogP contribution in [0.5, 0.6) is 11.5 Å². The number of allylic oxidation sites excluding steroid dienone is 1. The Morgan fingerprint density at radius 3 is 2.67 bits per heavy atom. The molecule has 1 aliphatic rings. The van der Waals surface area contributed by atoms with Gasteiger partial charge in [0.05, 0.1) is 22.8 Å². The van der Waals surface area contributed by atoms with Gasteiger partial charge >= 0.3 is 0 Å². The number of anilines is 2. The van der Waals surface area contributed by atoms with E-state index in [4.69, 9.17) is 31.2 Å². The number of rotatable bonds is 10. The van der Waals surface area contributed by atoms with E-state index in [-0.39, 0.29) is 12.0 Å². The molecule has 43 heavy (non-hydrogen) atoms. The number of carbonyl (C=O) groups is 1. The highest BCUT2D eigenvalue weighted by Crippen LogP contribution is 2.44. The Kier molecular flexibility index (Phi) is 9.68. The number of carbonyl (C=O) groups excluding carboxylic acids is 1. The summed E-state index contributed by atoms with van der Waals surface area (Å²) in [7, 11) is 0. The van der Waals surface area contributed by atoms with Crippen LogP contribution >= 0.6 is 39.3 Å². The normalized spacial score (nSPS) is 14.4. The molecule has 0 aliphatic carbocycles. The molecule has 2 N–H and O–H groups in total. The van der Waals surface area contributed by atoms with Crippen LogP contribution in [0, 0.1) is 6.92 Å². The van der Waals surface area contributed by atoms with Crippen LogP contribution in [0.2, 0.25) is 5.02 Å². The van der Waals surface area contributed by atoms with Crippen LogP contribution in [0.1, 0.15) is 50.4 Å². The van der Waals surface area contributed by atoms with Gasteiger partial charge in [-0.05, 0) is 97.6 Å². The highest BCUT2D eigenvalue weighted by molar-refractivity contribution is 9.10. The molecule has 4 aromatic rings. The molecule has 0 radical (unpaired) electrons. The standard InChI is InChI=1S/C32H33BrClN5O3S/c1-6-41-26-16-22(15-24(33)29(26)42-18(2)3)28-27(30(40)36-23-12-9-10-19(4)14-23)20(5)35-31-37-32(38-39(28)31)43-17-21-11-7-8-13-25(21)34/h7-16,18,28H,6,17H2,1-5H3,(H,36,40)(H,35,37,38). The molecule has 224 valence electrons. The minimum absolute atomic E-state index is 0.0577. The number of ether oxygens (including phenoxy) is 2. The predicted molar refractivity (Wildman–Crippen MR) is 176 cm³/mol. The van der Waals surface area contributed by atoms with Crippen molar-refractivity contribution < 1.29 is 14.3 Å². The van der Waals surface area contributed by atoms with Crippen LogP contribution in [0.3, 0.4) is 0 Å². The third kappa shape index (κ3) is 7.03. The van der Waals surface area contributed by atoms with E-state index in [0.717, 1.165) is 16.7 Å². The first-order valence-corrected chi connectivity index (χ1v) is 16.1. The van der Waals surface area contributed by atoms with E-state index in [1.807, 2.05) is 95.3 Å². The molecule has 1 amide bonds. The summed E-state index contributed by atoms with van der Waals surface area (Å²) in [5, 5.41) is 12.5. The number of thioether (sulfide) groups is 1. The smallest absolute Gasteiger partial charge is 0.255 e. The molecule has 5 rings (SSSR count). The lowest BCUT2D eigenvalue weighted by atomic mass is 9.94. The summed E-state index contributed by atoms with van der Waals surface area (Å²) in [5.74, 6) is 2.07. The molecule has 1 aromatic heterocycles. The van der Waals surface area contributed by atoms with Gasteiger partial charge in [-0.3, -0.25) is 4.79 Å². The van der Waals surface area contributed by atoms with Crippen LogP contribution in [-0.4, -0.2) is 33.4 Å². The highest BCUT2D eigenvalue weighted by atomic mass is 79.9. The number of halogens is 2. The van der Waals surface area contributed by atoms with Gasteiger partial charge in [-0.1, -0.05) is 53.7 Å². The fourth-order valence-corrected chi connectivity index (χ4v) is 6.50. The van der Waals surface area contributed by atoms with E-state index >= 15 is 0 Å². The molecule has 1 unspecified atom stereocenters. The van der Waals surface area contributed by atoms with Crippen molar-refractivity contribution >= 4 is 56.8 Å². The van der Waals surface area contributed by atoms with E-state index in [9.17, 15) is 4.79 Å². The largest absolute Gasteiger partial charge is 0.490 e. The first kappa shape index (κ1) is 31.0. The van der Waals surface area contributed by atoms with Crippen molar-refractivity contribution in [2.75, 3.05) is 17.2 Å². The van der Waals surface area contributed by atoms with Crippen LogP contribution in [0.25, 0.3) is 0 Å². The fraction of sp³-hybridized carbons (Fsp3) is 0.281. The first-order chi connectivity index (χ1) is 20.6. The van der Waals surface area contributed by atoms with Gasteiger partial charge in [0, 0.05) is 22.2 Å². The third-order valence-corrected chi connectivity index (χ3v) is 8.51. The molecule has 8 nitrogen and oxygen atoms in total. The second-order valence-electron chi connectivity index (χ2n) is 10.4. The van der Waals surface area contributed by atoms with E-state index in [2.05, 4.69) is 26.6 Å². The topological polar surface area (TPSA) is 90.3 Å². The van der Waals surface area contributed by atoms with Gasteiger partial charge in [0.2, 0.25) is 11.1 Å². The third-order valence-electron chi connectivity index (χ3n) is 6.67. The molecule has 1 atom stereocenters. The lowest BCUT2D eigenvalue weighted by molar-refractivity contribution is -0.113. The van der Waals surface area contributed by atoms with Crippen LogP contribution in [0.4, 0.5) is 11.6 Å². The zero-order chi connectivity index (χ0) is 30.7. The lowest BCUT2D eigenvalue weighted by Crippen LogP contribution is -2.31. The Bertz CT molecular complexity index is 1690. The van der Waals surface area contributed by atoms with Gasteiger partial charge in [-0.15, -0.1) is 5.10 Å². The maximum atomic E-state index is 14.0. The molecular weight excluding hydrogens is 650 g/mol. The molecular formula is C32H33BrClN5O3S. The average Bonchev–Trinajstić information content (AvgIpc) is 3.35. The maximum Gasteiger partial charge on any atom is 0.255 e. The average molecular weight is 683 g/mol. The summed E-state index contributed by atoms with van der Waals surface area (Å²) >= 11 is 11.6. The lowest BCUT2D eigenvalue weighted by Gasteiger charge is -2.29. The van der Waals surface area contributed by atoms with Gasteiger partial charge in [-0.2, -0.15) is 4.98 Å². The van der Waals surface area contributed by atoms with Crippen LogP contribution in [-0.2, 0) is 10.5 Å². The summed E-state index contributed by atoms with van der Waals surface area (Å²) in [6.45, 7) is 10.2. The second-order valence-corrected chi connectivity index (χ2v) is 12.6. The number of hydrogen-bond donors (Lipinski definition) is 2. The number of nitrogens with one attached hydrogen (secondary N) is 2. The number of aromatic nitrogens is 3. The molecule has 1 aliphatic heterocycles. The Labute approximate surface area is 269 Å². The molecule has 2 heterocycles. The monoisotopic (exact) mass is 681 g/mol. The Morgan fingerprint density at radius 2 is 1.95 bits per heavy atom. The zero-order valence-corrected chi connectivity index (χ0v) is 27.7. The summed E-state index contributed by atoms with van der Waals surface area (Å²) in [6, 6.07) is 18.7. The fourth-order valence-electron chi connectivity index (χ4n) is 4.83. The van der Waals surface area contributed by atoms with Gasteiger partial charge in [-0.25, -0.2) is 4.68 Å². The second kappa shape index (κ2) is 13.4. The van der Waals surface area contributed by atoms with E-state index in [0.29, 0.717) is 61.4 Å². The molecule has 11 heteroatoms. The molecule has 0 saturated carbocycles. The minimum Gasteiger partial charge on any atom is -0.490 e. The van der Waals surface area contributed by atoms with Gasteiger partial charge < -0.3 is 20.1 Å². The van der Waals surface area contributed by atoms with E-state index in [1.54, 1.807) is 4.68 Å². The minimum atomic E-state index is -0.605. The predicted octanol–water partition coefficient (Wildman–Crippen LogP) is 8.41. The van der Waals surface area contributed by atoms with Crippen molar-refractivity contribution in [1.29, 1.82) is 0 Å². The van der Waals surface area contributed by atoms with Gasteiger partial charge in [0.1, 0.15) is 6.04 Å². The van der Waals surface area contributed by atoms with Crippen molar-refractivity contribution in [2.24, 2.45) is 0 Å². The number of nitrogens with zero attached hydrogens (tertiary/aromatic N) is 3. The number of amides is 1. The first-order valence-electron chi connectivity index (χ1n) is 14.0. The number of fused-ring (bicyclic) bond motifs is 1. The van der Waals surface area contributed by atoms with Crippen LogP contribution < -0.4 is 20.1 Å². The summed E-state index contributed by atoms with van der Waals surface area (Å²) in [4.78, 5) is 18.8. The molecule has 0 spiro atoms. The van der Waals surface area contributed by atoms with Crippen molar-refractivity contribution in [3.05, 3.63) is 98.1 Å². The summed E-state index contributed by atoms with van der Waals surface area (Å²) in [6.07, 6.45) is -0.0577. The zero-order valence-electron chi connectivity index (χ0n) is 24.6. The Morgan fingerprint density at radius 1 is 1.16 bits per heavy atom. The molecule has 3 aromatic carbocycles. The molecule has 0 bridgehead atoms. The summed E-state index contributed by atoms with van der Waals surface area (Å²) < 4.78 is 14.6. The molecule has 0 saturated heterocycles. The molecule has 0 fully saturated rings. The van der Waals surface area contributed by atoms with Crippen molar-refractivity contribution in [3.8, 4) is 11.5 Å². The number of benzene rings is 3. The Hall–Kier alpha value is -3.47. The maximum absolute atomic E-state index is 14.0. The van der Waals surface area contributed by atoms with Crippen LogP contribution in [0.15, 0.2) is 81.6 Å². The number of aryl methyl sites for hydroxylation is 1. The Balaban J connectivity index is 1.58. The summed E-state index contributed by atoms with van der Waals surface area (Å²) in [5.41, 5.74) is 4.72. The number of hydrogen-bond acceptors (Lipinski definition) is 7. The van der Waals surface area contributed by atoms with Gasteiger partial charge in [0.15, 0.2) is 11.5 Å². The van der Waals surface area contributed by atoms with Gasteiger partial charge in [0.25, 0.3) is 5.91 Å². The van der Waals surface area contributed by atoms with Crippen molar-refractivity contribution in [2.45, 2.75) is 57.7 Å². The quantitative estimate of drug-likeness (QED) is 0.162. The van der Waals surface area contributed by atoms with E-state index < -0.39 is 6.04 Å². The van der Waals surface area contributed by atoms with Crippen molar-refractivity contribution in [3.63, 3.8) is 0 Å². The highest BCUT2D eigenvalue weighted by Gasteiger charge is 2.35. The van der Waals surface area contributed by atoms with E-state index in [1.165, 1.54) is 11.8 Å². The van der Waals surface area contributed by atoms with Crippen molar-refractivity contribution in [1.82, 2.24) is 14.8 Å².